The van der Waals surface area contributed by atoms with Crippen molar-refractivity contribution in [2.24, 2.45) is 0 Å². The number of alkyl halides is 3. The normalized spacial score (nSPS) is 13.2. The molecule has 0 aliphatic carbocycles. The van der Waals surface area contributed by atoms with E-state index in [1.807, 2.05) is 6.92 Å². The maximum Gasteiger partial charge on any atom is 0.263 e. The predicted molar refractivity (Wildman–Crippen MR) is 55.0 cm³/mol. The van der Waals surface area contributed by atoms with E-state index in [1.54, 1.807) is 12.1 Å². The van der Waals surface area contributed by atoms with Crippen molar-refractivity contribution in [3.05, 3.63) is 35.4 Å². The van der Waals surface area contributed by atoms with Gasteiger partial charge in [0.05, 0.1) is 0 Å². The Balaban J connectivity index is 2.55. The fourth-order valence-corrected chi connectivity index (χ4v) is 1.30. The van der Waals surface area contributed by atoms with Crippen LogP contribution < -0.4 is 0 Å². The van der Waals surface area contributed by atoms with Crippen LogP contribution in [0.4, 0.5) is 8.78 Å². The molecule has 3 heteroatoms. The third-order valence-corrected chi connectivity index (χ3v) is 2.28. The average molecular weight is 219 g/mol. The average Bonchev–Trinajstić information content (AvgIpc) is 2.15. The van der Waals surface area contributed by atoms with Crippen LogP contribution in [-0.2, 0) is 6.42 Å². The van der Waals surface area contributed by atoms with Gasteiger partial charge in [0.1, 0.15) is 0 Å². The van der Waals surface area contributed by atoms with Crippen LogP contribution in [0.1, 0.15) is 30.9 Å². The topological polar surface area (TPSA) is 0 Å². The summed E-state index contributed by atoms with van der Waals surface area (Å²) < 4.78 is 24.4. The van der Waals surface area contributed by atoms with Gasteiger partial charge >= 0.3 is 0 Å². The zero-order valence-electron chi connectivity index (χ0n) is 8.01. The summed E-state index contributed by atoms with van der Waals surface area (Å²) in [5, 5.41) is 0.129. The van der Waals surface area contributed by atoms with Crippen LogP contribution in [0.15, 0.2) is 24.3 Å². The van der Waals surface area contributed by atoms with Gasteiger partial charge in [-0.05, 0) is 25.3 Å². The number of rotatable bonds is 4. The van der Waals surface area contributed by atoms with E-state index in [0.29, 0.717) is 0 Å². The Morgan fingerprint density at radius 3 is 2.21 bits per heavy atom. The van der Waals surface area contributed by atoms with Crippen molar-refractivity contribution in [3.8, 4) is 0 Å². The lowest BCUT2D eigenvalue weighted by Gasteiger charge is -2.04. The molecule has 0 aliphatic heterocycles. The van der Waals surface area contributed by atoms with Crippen LogP contribution in [0, 0.1) is 0 Å². The standard InChI is InChI=1S/C11H13ClF2/c1-8(12)2-3-9-4-6-10(7-5-9)11(13)14/h4-8,11H,2-3H2,1H3. The molecule has 78 valence electrons. The monoisotopic (exact) mass is 218 g/mol. The van der Waals surface area contributed by atoms with E-state index in [9.17, 15) is 8.78 Å². The molecule has 1 atom stereocenters. The number of aryl methyl sites for hydroxylation is 1. The zero-order chi connectivity index (χ0) is 10.6. The maximum atomic E-state index is 12.2. The lowest BCUT2D eigenvalue weighted by atomic mass is 10.1. The number of hydrogen-bond acceptors (Lipinski definition) is 0. The first-order chi connectivity index (χ1) is 6.59. The van der Waals surface area contributed by atoms with Gasteiger partial charge in [0, 0.05) is 10.9 Å². The van der Waals surface area contributed by atoms with E-state index in [0.717, 1.165) is 18.4 Å². The van der Waals surface area contributed by atoms with Gasteiger partial charge in [-0.25, -0.2) is 8.78 Å². The Hall–Kier alpha value is -0.630. The third-order valence-electron chi connectivity index (χ3n) is 2.06. The number of hydrogen-bond donors (Lipinski definition) is 0. The van der Waals surface area contributed by atoms with E-state index >= 15 is 0 Å². The number of halogens is 3. The van der Waals surface area contributed by atoms with Gasteiger partial charge in [-0.2, -0.15) is 0 Å². The number of benzene rings is 1. The molecule has 0 heterocycles. The van der Waals surface area contributed by atoms with E-state index in [4.69, 9.17) is 11.6 Å². The summed E-state index contributed by atoms with van der Waals surface area (Å²) in [7, 11) is 0. The molecule has 0 saturated carbocycles. The van der Waals surface area contributed by atoms with Crippen LogP contribution in [-0.4, -0.2) is 5.38 Å². The summed E-state index contributed by atoms with van der Waals surface area (Å²) >= 11 is 5.79. The van der Waals surface area contributed by atoms with E-state index < -0.39 is 6.43 Å². The maximum absolute atomic E-state index is 12.2. The molecule has 0 aliphatic rings. The summed E-state index contributed by atoms with van der Waals surface area (Å²) in [5.74, 6) is 0. The highest BCUT2D eigenvalue weighted by molar-refractivity contribution is 6.20. The minimum Gasteiger partial charge on any atom is -0.205 e. The fraction of sp³-hybridized carbons (Fsp3) is 0.455. The van der Waals surface area contributed by atoms with E-state index in [1.165, 1.54) is 12.1 Å². The Bertz CT molecular complexity index is 267. The van der Waals surface area contributed by atoms with Gasteiger partial charge in [-0.3, -0.25) is 0 Å². The Labute approximate surface area is 87.9 Å². The molecular formula is C11H13ClF2. The second-order valence-electron chi connectivity index (χ2n) is 3.36. The molecule has 0 fully saturated rings. The van der Waals surface area contributed by atoms with Crippen molar-refractivity contribution in [3.63, 3.8) is 0 Å². The molecule has 0 saturated heterocycles. The first-order valence-corrected chi connectivity index (χ1v) is 5.04. The van der Waals surface area contributed by atoms with E-state index in [-0.39, 0.29) is 10.9 Å². The molecule has 0 spiro atoms. The van der Waals surface area contributed by atoms with Gasteiger partial charge in [-0.1, -0.05) is 24.3 Å². The van der Waals surface area contributed by atoms with Crippen molar-refractivity contribution in [1.82, 2.24) is 0 Å². The van der Waals surface area contributed by atoms with Crippen molar-refractivity contribution >= 4 is 11.6 Å². The second kappa shape index (κ2) is 5.30. The highest BCUT2D eigenvalue weighted by Gasteiger charge is 2.05. The van der Waals surface area contributed by atoms with Crippen molar-refractivity contribution < 1.29 is 8.78 Å². The summed E-state index contributed by atoms with van der Waals surface area (Å²) in [6, 6.07) is 6.42. The van der Waals surface area contributed by atoms with Gasteiger partial charge < -0.3 is 0 Å². The molecule has 0 amide bonds. The Kier molecular flexibility index (Phi) is 4.33. The molecule has 0 N–H and O–H groups in total. The van der Waals surface area contributed by atoms with Crippen LogP contribution in [0.3, 0.4) is 0 Å². The van der Waals surface area contributed by atoms with Crippen LogP contribution >= 0.6 is 11.6 Å². The quantitative estimate of drug-likeness (QED) is 0.665. The minimum absolute atomic E-state index is 0.0765. The first-order valence-electron chi connectivity index (χ1n) is 4.60. The summed E-state index contributed by atoms with van der Waals surface area (Å²) in [6.07, 6.45) is -0.667. The SMILES string of the molecule is CC(Cl)CCc1ccc(C(F)F)cc1. The molecule has 0 bridgehead atoms. The molecule has 0 aromatic heterocycles. The van der Waals surface area contributed by atoms with Gasteiger partial charge in [0.25, 0.3) is 6.43 Å². The predicted octanol–water partition coefficient (Wildman–Crippen LogP) is 4.18. The Morgan fingerprint density at radius 1 is 1.21 bits per heavy atom. The molecule has 1 aromatic carbocycles. The van der Waals surface area contributed by atoms with Crippen LogP contribution in [0.5, 0.6) is 0 Å². The lowest BCUT2D eigenvalue weighted by molar-refractivity contribution is 0.151. The summed E-state index contributed by atoms with van der Waals surface area (Å²) in [4.78, 5) is 0. The molecule has 14 heavy (non-hydrogen) atoms. The van der Waals surface area contributed by atoms with Crippen LogP contribution in [0.25, 0.3) is 0 Å². The molecule has 1 unspecified atom stereocenters. The molecule has 0 nitrogen and oxygen atoms in total. The summed E-state index contributed by atoms with van der Waals surface area (Å²) in [6.45, 7) is 1.93. The third kappa shape index (κ3) is 3.62. The highest BCUT2D eigenvalue weighted by atomic mass is 35.5. The van der Waals surface area contributed by atoms with Crippen LogP contribution in [0.2, 0.25) is 0 Å². The van der Waals surface area contributed by atoms with E-state index in [2.05, 4.69) is 0 Å². The Morgan fingerprint density at radius 2 is 1.79 bits per heavy atom. The largest absolute Gasteiger partial charge is 0.263 e. The van der Waals surface area contributed by atoms with Crippen molar-refractivity contribution in [2.45, 2.75) is 31.6 Å². The molecule has 1 aromatic rings. The zero-order valence-corrected chi connectivity index (χ0v) is 8.77. The molecule has 0 radical (unpaired) electrons. The van der Waals surface area contributed by atoms with Gasteiger partial charge in [0.2, 0.25) is 0 Å². The summed E-state index contributed by atoms with van der Waals surface area (Å²) in [5.41, 5.74) is 1.13. The van der Waals surface area contributed by atoms with Gasteiger partial charge in [-0.15, -0.1) is 11.6 Å². The fourth-order valence-electron chi connectivity index (χ4n) is 1.20. The second-order valence-corrected chi connectivity index (χ2v) is 4.11. The smallest absolute Gasteiger partial charge is 0.205 e. The minimum atomic E-state index is -2.38. The molecule has 1 rings (SSSR count). The van der Waals surface area contributed by atoms with Crippen molar-refractivity contribution in [2.75, 3.05) is 0 Å². The van der Waals surface area contributed by atoms with Crippen molar-refractivity contribution in [1.29, 1.82) is 0 Å². The first kappa shape index (κ1) is 11.4. The molecular weight excluding hydrogens is 206 g/mol. The lowest BCUT2D eigenvalue weighted by Crippen LogP contribution is -1.95. The highest BCUT2D eigenvalue weighted by Crippen LogP contribution is 2.19. The van der Waals surface area contributed by atoms with Gasteiger partial charge in [0.15, 0.2) is 0 Å².